The number of ether oxygens (including phenoxy) is 3. The van der Waals surface area contributed by atoms with E-state index >= 15 is 0 Å². The quantitative estimate of drug-likeness (QED) is 0.302. The van der Waals surface area contributed by atoms with Crippen LogP contribution in [0.4, 0.5) is 0 Å². The lowest BCUT2D eigenvalue weighted by Gasteiger charge is -2.27. The molecule has 1 N–H and O–H groups in total. The molecular weight excluding hydrogens is 562 g/mol. The molecule has 1 aliphatic heterocycles. The molecule has 0 spiro atoms. The van der Waals surface area contributed by atoms with Crippen molar-refractivity contribution in [3.8, 4) is 16.5 Å². The van der Waals surface area contributed by atoms with Crippen LogP contribution in [0.5, 0.6) is 5.75 Å². The lowest BCUT2D eigenvalue weighted by atomic mass is 10.0. The number of carboxylic acid groups (broad SMARTS) is 1. The van der Waals surface area contributed by atoms with Crippen LogP contribution in [0.25, 0.3) is 21.0 Å². The highest BCUT2D eigenvalue weighted by Gasteiger charge is 2.41. The molecule has 1 aliphatic carbocycles. The predicted octanol–water partition coefficient (Wildman–Crippen LogP) is 4.20. The third-order valence-electron chi connectivity index (χ3n) is 8.57. The van der Waals surface area contributed by atoms with Gasteiger partial charge in [-0.05, 0) is 57.1 Å². The van der Waals surface area contributed by atoms with Crippen molar-refractivity contribution < 1.29 is 28.5 Å². The molecule has 1 saturated heterocycles. The van der Waals surface area contributed by atoms with E-state index in [1.807, 2.05) is 24.3 Å². The van der Waals surface area contributed by atoms with Gasteiger partial charge in [0.15, 0.2) is 0 Å². The number of thiophene rings is 1. The van der Waals surface area contributed by atoms with Gasteiger partial charge in [0.25, 0.3) is 5.56 Å². The Hall–Kier alpha value is -3.74. The number of para-hydroxylation sites is 1. The lowest BCUT2D eigenvalue weighted by molar-refractivity contribution is -0.146. The Labute approximate surface area is 245 Å². The number of benzene rings is 1. The van der Waals surface area contributed by atoms with Gasteiger partial charge in [-0.3, -0.25) is 9.36 Å². The molecule has 0 unspecified atom stereocenters. The minimum Gasteiger partial charge on any atom is -0.496 e. The first kappa shape index (κ1) is 28.4. The van der Waals surface area contributed by atoms with Crippen LogP contribution in [0.2, 0.25) is 0 Å². The number of aliphatic carboxylic acids is 1. The molecule has 0 bridgehead atoms. The number of hydrogen-bond acceptors (Lipinski definition) is 9. The number of fused-ring (bicyclic) bond motifs is 2. The summed E-state index contributed by atoms with van der Waals surface area (Å²) >= 11 is 1.21. The maximum Gasteiger partial charge on any atom is 0.333 e. The van der Waals surface area contributed by atoms with Crippen LogP contribution in [0.1, 0.15) is 43.9 Å². The van der Waals surface area contributed by atoms with E-state index in [0.717, 1.165) is 36.2 Å². The van der Waals surface area contributed by atoms with Gasteiger partial charge in [0.2, 0.25) is 5.89 Å². The van der Waals surface area contributed by atoms with Gasteiger partial charge in [-0.1, -0.05) is 18.2 Å². The fourth-order valence-corrected chi connectivity index (χ4v) is 7.47. The molecule has 6 rings (SSSR count). The molecule has 12 heteroatoms. The van der Waals surface area contributed by atoms with Crippen LogP contribution in [0, 0.1) is 18.8 Å². The fourth-order valence-electron chi connectivity index (χ4n) is 6.23. The number of carbonyl (C=O) groups is 1. The molecule has 4 aromatic rings. The zero-order valence-electron chi connectivity index (χ0n) is 23.9. The highest BCUT2D eigenvalue weighted by Crippen LogP contribution is 2.42. The van der Waals surface area contributed by atoms with Crippen molar-refractivity contribution in [1.29, 1.82) is 0 Å². The molecule has 1 aromatic carbocycles. The Morgan fingerprint density at radius 3 is 2.57 bits per heavy atom. The average Bonchev–Trinajstić information content (AvgIpc) is 3.75. The molecule has 1 saturated carbocycles. The molecule has 42 heavy (non-hydrogen) atoms. The van der Waals surface area contributed by atoms with Gasteiger partial charge in [0, 0.05) is 18.8 Å². The number of carboxylic acids is 1. The molecule has 222 valence electrons. The summed E-state index contributed by atoms with van der Waals surface area (Å²) in [6.07, 6.45) is 3.95. The topological polar surface area (TPSA) is 135 Å². The zero-order valence-corrected chi connectivity index (χ0v) is 24.7. The smallest absolute Gasteiger partial charge is 0.333 e. The van der Waals surface area contributed by atoms with E-state index < -0.39 is 28.9 Å². The zero-order chi connectivity index (χ0) is 29.8. The van der Waals surface area contributed by atoms with Crippen LogP contribution in [-0.4, -0.2) is 51.6 Å². The largest absolute Gasteiger partial charge is 0.496 e. The van der Waals surface area contributed by atoms with Gasteiger partial charge in [-0.25, -0.2) is 19.1 Å². The van der Waals surface area contributed by atoms with Crippen LogP contribution in [0.15, 0.2) is 50.7 Å². The number of aryl methyl sites for hydroxylation is 1. The molecule has 3 aromatic heterocycles. The highest BCUT2D eigenvalue weighted by molar-refractivity contribution is 7.22. The second kappa shape index (κ2) is 10.8. The van der Waals surface area contributed by atoms with Crippen LogP contribution in [0.3, 0.4) is 0 Å². The van der Waals surface area contributed by atoms with Crippen molar-refractivity contribution in [3.63, 3.8) is 0 Å². The van der Waals surface area contributed by atoms with E-state index in [2.05, 4.69) is 4.98 Å². The van der Waals surface area contributed by atoms with E-state index in [1.165, 1.54) is 42.2 Å². The van der Waals surface area contributed by atoms with Crippen LogP contribution < -0.4 is 16.0 Å². The van der Waals surface area contributed by atoms with Gasteiger partial charge in [0.05, 0.1) is 36.2 Å². The summed E-state index contributed by atoms with van der Waals surface area (Å²) in [5.74, 6) is 0.489. The first-order valence-electron chi connectivity index (χ1n) is 13.9. The normalized spacial score (nSPS) is 21.1. The Morgan fingerprint density at radius 2 is 1.93 bits per heavy atom. The van der Waals surface area contributed by atoms with Crippen molar-refractivity contribution in [2.75, 3.05) is 20.3 Å². The van der Waals surface area contributed by atoms with E-state index in [-0.39, 0.29) is 18.0 Å². The Bertz CT molecular complexity index is 1740. The number of hydrogen-bond donors (Lipinski definition) is 1. The molecule has 11 nitrogen and oxygen atoms in total. The molecule has 2 fully saturated rings. The summed E-state index contributed by atoms with van der Waals surface area (Å²) < 4.78 is 25.9. The summed E-state index contributed by atoms with van der Waals surface area (Å²) in [4.78, 5) is 45.6. The maximum atomic E-state index is 14.2. The minimum absolute atomic E-state index is 0.0268. The maximum absolute atomic E-state index is 14.2. The molecule has 4 heterocycles. The van der Waals surface area contributed by atoms with Gasteiger partial charge < -0.3 is 23.7 Å². The Balaban J connectivity index is 1.54. The highest BCUT2D eigenvalue weighted by atomic mass is 32.1. The minimum atomic E-state index is -1.81. The lowest BCUT2D eigenvalue weighted by Crippen LogP contribution is -2.52. The summed E-state index contributed by atoms with van der Waals surface area (Å²) in [5.41, 5.74) is -1.91. The van der Waals surface area contributed by atoms with Crippen LogP contribution in [-0.2, 0) is 26.4 Å². The number of oxazole rings is 1. The van der Waals surface area contributed by atoms with Crippen molar-refractivity contribution in [2.45, 2.75) is 57.9 Å². The van der Waals surface area contributed by atoms with Gasteiger partial charge in [-0.15, -0.1) is 11.3 Å². The van der Waals surface area contributed by atoms with E-state index in [1.54, 1.807) is 14.0 Å². The van der Waals surface area contributed by atoms with Crippen LogP contribution >= 0.6 is 11.3 Å². The summed E-state index contributed by atoms with van der Waals surface area (Å²) in [7, 11) is 1.58. The SMILES string of the molecule is COc1ccccc1[C@H](Cn1c(=O)n(C(C)(C)C(=O)O)c(=O)c2c(C)c(-c3ncco3)sc21)O[C@H]1C[C@H]2COC[C@H]2C1. The number of nitrogens with zero attached hydrogens (tertiary/aromatic N) is 3. The molecule has 0 radical (unpaired) electrons. The van der Waals surface area contributed by atoms with Crippen molar-refractivity contribution in [2.24, 2.45) is 11.8 Å². The second-order valence-corrected chi connectivity index (χ2v) is 12.5. The van der Waals surface area contributed by atoms with Crippen molar-refractivity contribution in [1.82, 2.24) is 14.1 Å². The van der Waals surface area contributed by atoms with Gasteiger partial charge in [-0.2, -0.15) is 0 Å². The summed E-state index contributed by atoms with van der Waals surface area (Å²) in [6, 6.07) is 7.49. The van der Waals surface area contributed by atoms with Crippen molar-refractivity contribution in [3.05, 3.63) is 68.7 Å². The molecule has 4 atom stereocenters. The third kappa shape index (κ3) is 4.67. The van der Waals surface area contributed by atoms with E-state index in [4.69, 9.17) is 18.6 Å². The van der Waals surface area contributed by atoms with E-state index in [0.29, 0.717) is 38.7 Å². The summed E-state index contributed by atoms with van der Waals surface area (Å²) in [6.45, 7) is 5.91. The Kier molecular flexibility index (Phi) is 7.32. The molecule has 0 amide bonds. The first-order valence-corrected chi connectivity index (χ1v) is 14.7. The monoisotopic (exact) mass is 595 g/mol. The van der Waals surface area contributed by atoms with Gasteiger partial charge in [0.1, 0.15) is 28.5 Å². The predicted molar refractivity (Wildman–Crippen MR) is 155 cm³/mol. The van der Waals surface area contributed by atoms with E-state index in [9.17, 15) is 19.5 Å². The fraction of sp³-hybridized carbons (Fsp3) is 0.467. The molecule has 2 aliphatic rings. The number of rotatable bonds is 9. The standard InChI is InChI=1S/C30H33N3O8S/c1-16-23-26(34)33(30(2,3)28(35)36)29(37)32(27(23)42-24(16)25-31-9-10-40-25)13-22(20-7-5-6-8-21(20)38-4)41-19-11-17-14-39-15-18(17)12-19/h5-10,17-19,22H,11-15H2,1-4H3,(H,35,36)/t17-,18+,19-,22-/m0/s1. The average molecular weight is 596 g/mol. The Morgan fingerprint density at radius 1 is 1.21 bits per heavy atom. The second-order valence-electron chi connectivity index (χ2n) is 11.5. The van der Waals surface area contributed by atoms with Gasteiger partial charge >= 0.3 is 11.7 Å². The summed E-state index contributed by atoms with van der Waals surface area (Å²) in [5, 5.41) is 10.3. The first-order chi connectivity index (χ1) is 20.1. The van der Waals surface area contributed by atoms with Crippen molar-refractivity contribution >= 4 is 27.5 Å². The third-order valence-corrected chi connectivity index (χ3v) is 9.88. The number of methoxy groups -OCH3 is 1. The molecular formula is C30H33N3O8S. The number of aromatic nitrogens is 3.